The van der Waals surface area contributed by atoms with Crippen LogP contribution in [-0.2, 0) is 28.4 Å². The van der Waals surface area contributed by atoms with Crippen molar-refractivity contribution >= 4 is 21.9 Å². The van der Waals surface area contributed by atoms with Crippen molar-refractivity contribution in [2.45, 2.75) is 17.9 Å². The minimum absolute atomic E-state index is 0.0831. The molecule has 12 heteroatoms. The van der Waals surface area contributed by atoms with Gasteiger partial charge in [0.05, 0.1) is 19.2 Å². The number of carbonyl (C=O) groups is 2. The standard InChI is InChI=1S/C15H20N6O5S/c1-18-11-12(10-16-18)27(25,26)21-8-6-19(7-9-21)15(24)13-2-4-20(17-13)5-3-14(22)23/h2,4,10-11H,3,5-9H2,1H3,(H,22,23). The van der Waals surface area contributed by atoms with Crippen LogP contribution < -0.4 is 0 Å². The van der Waals surface area contributed by atoms with Crippen LogP contribution in [0.25, 0.3) is 0 Å². The third-order valence-electron chi connectivity index (χ3n) is 4.26. The van der Waals surface area contributed by atoms with Crippen LogP contribution in [0.4, 0.5) is 0 Å². The summed E-state index contributed by atoms with van der Waals surface area (Å²) in [5.41, 5.74) is 0.212. The molecule has 0 bridgehead atoms. The van der Waals surface area contributed by atoms with Gasteiger partial charge in [0.2, 0.25) is 10.0 Å². The number of carboxylic acid groups (broad SMARTS) is 1. The van der Waals surface area contributed by atoms with Gasteiger partial charge in [0, 0.05) is 45.6 Å². The average Bonchev–Trinajstić information content (AvgIpc) is 3.29. The summed E-state index contributed by atoms with van der Waals surface area (Å²) >= 11 is 0. The van der Waals surface area contributed by atoms with Crippen LogP contribution in [0.15, 0.2) is 29.6 Å². The Bertz CT molecular complexity index is 942. The number of aliphatic carboxylic acids is 1. The first-order valence-electron chi connectivity index (χ1n) is 8.30. The number of carbonyl (C=O) groups excluding carboxylic acids is 1. The summed E-state index contributed by atoms with van der Waals surface area (Å²) < 4.78 is 29.3. The van der Waals surface area contributed by atoms with Crippen molar-refractivity contribution in [2.75, 3.05) is 26.2 Å². The summed E-state index contributed by atoms with van der Waals surface area (Å²) in [4.78, 5) is 24.8. The minimum atomic E-state index is -3.63. The third-order valence-corrected chi connectivity index (χ3v) is 6.11. The molecular formula is C15H20N6O5S. The van der Waals surface area contributed by atoms with E-state index < -0.39 is 16.0 Å². The zero-order chi connectivity index (χ0) is 19.6. The van der Waals surface area contributed by atoms with E-state index in [0.29, 0.717) is 0 Å². The molecule has 0 atom stereocenters. The molecule has 0 aliphatic carbocycles. The van der Waals surface area contributed by atoms with Crippen molar-refractivity contribution in [1.82, 2.24) is 28.8 Å². The monoisotopic (exact) mass is 396 g/mol. The Morgan fingerprint density at radius 1 is 1.22 bits per heavy atom. The maximum atomic E-state index is 12.6. The molecule has 27 heavy (non-hydrogen) atoms. The highest BCUT2D eigenvalue weighted by Crippen LogP contribution is 2.17. The highest BCUT2D eigenvalue weighted by atomic mass is 32.2. The number of aromatic nitrogens is 4. The van der Waals surface area contributed by atoms with E-state index in [0.717, 1.165) is 0 Å². The molecule has 3 rings (SSSR count). The molecule has 1 aliphatic heterocycles. The van der Waals surface area contributed by atoms with E-state index in [1.54, 1.807) is 18.1 Å². The minimum Gasteiger partial charge on any atom is -0.481 e. The molecule has 1 amide bonds. The number of sulfonamides is 1. The molecule has 1 N–H and O–H groups in total. The predicted molar refractivity (Wildman–Crippen MR) is 92.4 cm³/mol. The van der Waals surface area contributed by atoms with Gasteiger partial charge in [-0.1, -0.05) is 0 Å². The van der Waals surface area contributed by atoms with Gasteiger partial charge < -0.3 is 10.0 Å². The second-order valence-corrected chi connectivity index (χ2v) is 8.09. The van der Waals surface area contributed by atoms with Crippen LogP contribution in [0.2, 0.25) is 0 Å². The Kier molecular flexibility index (Phi) is 5.28. The zero-order valence-electron chi connectivity index (χ0n) is 14.7. The number of amides is 1. The second kappa shape index (κ2) is 7.48. The van der Waals surface area contributed by atoms with Gasteiger partial charge in [-0.25, -0.2) is 8.42 Å². The van der Waals surface area contributed by atoms with E-state index in [1.165, 1.54) is 32.1 Å². The van der Waals surface area contributed by atoms with E-state index in [2.05, 4.69) is 10.2 Å². The molecule has 1 aliphatic rings. The van der Waals surface area contributed by atoms with Gasteiger partial charge >= 0.3 is 5.97 Å². The fraction of sp³-hybridized carbons (Fsp3) is 0.467. The lowest BCUT2D eigenvalue weighted by atomic mass is 10.3. The number of rotatable bonds is 6. The highest BCUT2D eigenvalue weighted by molar-refractivity contribution is 7.89. The lowest BCUT2D eigenvalue weighted by molar-refractivity contribution is -0.137. The third kappa shape index (κ3) is 4.17. The molecule has 2 aromatic heterocycles. The van der Waals surface area contributed by atoms with Gasteiger partial charge in [-0.15, -0.1) is 0 Å². The molecule has 11 nitrogen and oxygen atoms in total. The van der Waals surface area contributed by atoms with Crippen molar-refractivity contribution in [3.8, 4) is 0 Å². The van der Waals surface area contributed by atoms with E-state index in [-0.39, 0.29) is 55.6 Å². The summed E-state index contributed by atoms with van der Waals surface area (Å²) in [6, 6.07) is 1.53. The number of piperazine rings is 1. The largest absolute Gasteiger partial charge is 0.481 e. The summed E-state index contributed by atoms with van der Waals surface area (Å²) in [6.45, 7) is 1.05. The van der Waals surface area contributed by atoms with Gasteiger partial charge in [0.1, 0.15) is 10.6 Å². The Morgan fingerprint density at radius 3 is 2.52 bits per heavy atom. The van der Waals surface area contributed by atoms with E-state index >= 15 is 0 Å². The molecule has 1 saturated heterocycles. The maximum Gasteiger partial charge on any atom is 0.305 e. The maximum absolute atomic E-state index is 12.6. The number of carboxylic acids is 1. The van der Waals surface area contributed by atoms with Crippen LogP contribution in [0.1, 0.15) is 16.9 Å². The SMILES string of the molecule is Cn1cc(S(=O)(=O)N2CCN(C(=O)c3ccn(CCC(=O)O)n3)CC2)cn1. The Morgan fingerprint density at radius 2 is 1.93 bits per heavy atom. The molecule has 0 radical (unpaired) electrons. The van der Waals surface area contributed by atoms with Gasteiger partial charge in [-0.3, -0.25) is 19.0 Å². The normalized spacial score (nSPS) is 15.8. The highest BCUT2D eigenvalue weighted by Gasteiger charge is 2.31. The van der Waals surface area contributed by atoms with Crippen LogP contribution in [0.3, 0.4) is 0 Å². The fourth-order valence-electron chi connectivity index (χ4n) is 2.79. The van der Waals surface area contributed by atoms with Crippen molar-refractivity contribution < 1.29 is 23.1 Å². The average molecular weight is 396 g/mol. The zero-order valence-corrected chi connectivity index (χ0v) is 15.5. The van der Waals surface area contributed by atoms with Crippen LogP contribution in [0, 0.1) is 0 Å². The molecule has 3 heterocycles. The summed E-state index contributed by atoms with van der Waals surface area (Å²) in [6.07, 6.45) is 4.22. The summed E-state index contributed by atoms with van der Waals surface area (Å²) in [7, 11) is -1.99. The van der Waals surface area contributed by atoms with Crippen LogP contribution >= 0.6 is 0 Å². The van der Waals surface area contributed by atoms with Gasteiger partial charge in [0.15, 0.2) is 0 Å². The Hall–Kier alpha value is -2.73. The van der Waals surface area contributed by atoms with Crippen molar-refractivity contribution in [3.63, 3.8) is 0 Å². The quantitative estimate of drug-likeness (QED) is 0.679. The summed E-state index contributed by atoms with van der Waals surface area (Å²) in [5, 5.41) is 16.7. The van der Waals surface area contributed by atoms with Crippen molar-refractivity contribution in [1.29, 1.82) is 0 Å². The molecule has 0 unspecified atom stereocenters. The number of nitrogens with zero attached hydrogens (tertiary/aromatic N) is 6. The lowest BCUT2D eigenvalue weighted by Gasteiger charge is -2.33. The smallest absolute Gasteiger partial charge is 0.305 e. The van der Waals surface area contributed by atoms with E-state index in [9.17, 15) is 18.0 Å². The lowest BCUT2D eigenvalue weighted by Crippen LogP contribution is -2.50. The molecule has 1 fully saturated rings. The van der Waals surface area contributed by atoms with Gasteiger partial charge in [-0.05, 0) is 6.07 Å². The van der Waals surface area contributed by atoms with Crippen LogP contribution in [-0.4, -0.2) is 80.3 Å². The first kappa shape index (κ1) is 19.0. The van der Waals surface area contributed by atoms with Crippen molar-refractivity contribution in [2.24, 2.45) is 7.05 Å². The molecule has 0 saturated carbocycles. The topological polar surface area (TPSA) is 131 Å². The van der Waals surface area contributed by atoms with E-state index in [1.807, 2.05) is 0 Å². The first-order valence-corrected chi connectivity index (χ1v) is 9.75. The number of hydrogen-bond donors (Lipinski definition) is 1. The molecule has 0 spiro atoms. The van der Waals surface area contributed by atoms with E-state index in [4.69, 9.17) is 5.11 Å². The molecule has 2 aromatic rings. The Labute approximate surface area is 155 Å². The first-order chi connectivity index (χ1) is 12.8. The Balaban J connectivity index is 1.60. The van der Waals surface area contributed by atoms with Crippen molar-refractivity contribution in [3.05, 3.63) is 30.4 Å². The number of hydrogen-bond acceptors (Lipinski definition) is 6. The fourth-order valence-corrected chi connectivity index (χ4v) is 4.19. The van der Waals surface area contributed by atoms with Gasteiger partial charge in [0.25, 0.3) is 5.91 Å². The molecular weight excluding hydrogens is 376 g/mol. The molecule has 0 aromatic carbocycles. The van der Waals surface area contributed by atoms with Crippen LogP contribution in [0.5, 0.6) is 0 Å². The molecule has 146 valence electrons. The second-order valence-electron chi connectivity index (χ2n) is 6.15. The number of aryl methyl sites for hydroxylation is 2. The predicted octanol–water partition coefficient (Wildman–Crippen LogP) is -0.762. The van der Waals surface area contributed by atoms with Gasteiger partial charge in [-0.2, -0.15) is 14.5 Å². The summed E-state index contributed by atoms with van der Waals surface area (Å²) in [5.74, 6) is -1.24.